The van der Waals surface area contributed by atoms with Gasteiger partial charge in [-0.25, -0.2) is 0 Å². The predicted molar refractivity (Wildman–Crippen MR) is 107 cm³/mol. The van der Waals surface area contributed by atoms with Crippen molar-refractivity contribution in [3.8, 4) is 0 Å². The first-order valence-corrected chi connectivity index (χ1v) is 9.85. The summed E-state index contributed by atoms with van der Waals surface area (Å²) in [6.07, 6.45) is 17.3. The summed E-state index contributed by atoms with van der Waals surface area (Å²) in [5.74, 6) is -1.17. The molecule has 0 radical (unpaired) electrons. The quantitative estimate of drug-likeness (QED) is 0.390. The second kappa shape index (κ2) is 13.5. The molecule has 0 aromatic rings. The molecule has 0 amide bonds. The Balaban J connectivity index is 2.49. The summed E-state index contributed by atoms with van der Waals surface area (Å²) < 4.78 is 0. The molecule has 0 bridgehead atoms. The number of hydrogen-bond donors (Lipinski definition) is 4. The van der Waals surface area contributed by atoms with E-state index < -0.39 is 24.3 Å². The summed E-state index contributed by atoms with van der Waals surface area (Å²) in [5, 5.41) is 39.1. The van der Waals surface area contributed by atoms with Crippen LogP contribution in [0.25, 0.3) is 0 Å². The minimum Gasteiger partial charge on any atom is -0.481 e. The number of aliphatic hydroxyl groups is 3. The fourth-order valence-corrected chi connectivity index (χ4v) is 3.29. The van der Waals surface area contributed by atoms with Crippen LogP contribution in [0.1, 0.15) is 51.9 Å². The maximum Gasteiger partial charge on any atom is 0.303 e. The fourth-order valence-electron chi connectivity index (χ4n) is 3.29. The zero-order chi connectivity index (χ0) is 20.1. The van der Waals surface area contributed by atoms with Gasteiger partial charge in [0.05, 0.1) is 18.3 Å². The number of hydrogen-bond acceptors (Lipinski definition) is 4. The number of aliphatic carboxylic acids is 1. The van der Waals surface area contributed by atoms with Crippen LogP contribution < -0.4 is 0 Å². The van der Waals surface area contributed by atoms with Crippen molar-refractivity contribution in [1.29, 1.82) is 0 Å². The maximum absolute atomic E-state index is 10.5. The molecule has 0 heterocycles. The molecule has 0 aromatic carbocycles. The van der Waals surface area contributed by atoms with Crippen molar-refractivity contribution >= 4 is 5.97 Å². The molecule has 0 spiro atoms. The molecule has 5 heteroatoms. The van der Waals surface area contributed by atoms with E-state index in [-0.39, 0.29) is 18.3 Å². The highest BCUT2D eigenvalue weighted by molar-refractivity contribution is 5.66. The molecule has 0 unspecified atom stereocenters. The monoisotopic (exact) mass is 378 g/mol. The van der Waals surface area contributed by atoms with Gasteiger partial charge in [-0.1, -0.05) is 55.5 Å². The first-order valence-electron chi connectivity index (χ1n) is 9.85. The number of rotatable bonds is 12. The van der Waals surface area contributed by atoms with Gasteiger partial charge in [-0.2, -0.15) is 0 Å². The average molecular weight is 379 g/mol. The van der Waals surface area contributed by atoms with Crippen LogP contribution in [0.2, 0.25) is 0 Å². The summed E-state index contributed by atoms with van der Waals surface area (Å²) in [5.41, 5.74) is 0. The molecule has 1 fully saturated rings. The Bertz CT molecular complexity index is 535. The minimum absolute atomic E-state index is 0.0869. The summed E-state index contributed by atoms with van der Waals surface area (Å²) >= 11 is 0. The highest BCUT2D eigenvalue weighted by Crippen LogP contribution is 2.36. The Kier molecular flexibility index (Phi) is 11.7. The normalized spacial score (nSPS) is 27.6. The van der Waals surface area contributed by atoms with Crippen LogP contribution in [0.5, 0.6) is 0 Å². The minimum atomic E-state index is -0.832. The van der Waals surface area contributed by atoms with E-state index >= 15 is 0 Å². The Morgan fingerprint density at radius 3 is 2.52 bits per heavy atom. The Morgan fingerprint density at radius 2 is 1.81 bits per heavy atom. The van der Waals surface area contributed by atoms with E-state index in [0.717, 1.165) is 12.8 Å². The van der Waals surface area contributed by atoms with Gasteiger partial charge >= 0.3 is 5.97 Å². The van der Waals surface area contributed by atoms with Crippen molar-refractivity contribution in [3.63, 3.8) is 0 Å². The largest absolute Gasteiger partial charge is 0.481 e. The van der Waals surface area contributed by atoms with Crippen LogP contribution >= 0.6 is 0 Å². The van der Waals surface area contributed by atoms with Crippen LogP contribution in [0, 0.1) is 11.8 Å². The van der Waals surface area contributed by atoms with Crippen molar-refractivity contribution in [3.05, 3.63) is 48.6 Å². The highest BCUT2D eigenvalue weighted by Gasteiger charge is 2.39. The first-order chi connectivity index (χ1) is 13.0. The first kappa shape index (κ1) is 23.3. The van der Waals surface area contributed by atoms with E-state index in [9.17, 15) is 20.1 Å². The second-order valence-electron chi connectivity index (χ2n) is 7.03. The Morgan fingerprint density at radius 1 is 1.07 bits per heavy atom. The molecule has 4 N–H and O–H groups in total. The van der Waals surface area contributed by atoms with Gasteiger partial charge < -0.3 is 20.4 Å². The van der Waals surface area contributed by atoms with Crippen molar-refractivity contribution in [1.82, 2.24) is 0 Å². The zero-order valence-electron chi connectivity index (χ0n) is 16.2. The maximum atomic E-state index is 10.5. The Labute approximate surface area is 162 Å². The molecule has 0 saturated heterocycles. The predicted octanol–water partition coefficient (Wildman–Crippen LogP) is 3.38. The number of allylic oxidation sites excluding steroid dienone is 5. The number of carbonyl (C=O) groups is 1. The van der Waals surface area contributed by atoms with Gasteiger partial charge in [0.15, 0.2) is 0 Å². The van der Waals surface area contributed by atoms with Gasteiger partial charge in [-0.05, 0) is 38.0 Å². The lowest BCUT2D eigenvalue weighted by Gasteiger charge is -2.19. The molecule has 1 saturated carbocycles. The van der Waals surface area contributed by atoms with Crippen LogP contribution in [0.3, 0.4) is 0 Å². The average Bonchev–Trinajstić information content (AvgIpc) is 2.88. The lowest BCUT2D eigenvalue weighted by Crippen LogP contribution is -2.20. The van der Waals surface area contributed by atoms with Crippen molar-refractivity contribution in [2.24, 2.45) is 11.8 Å². The van der Waals surface area contributed by atoms with Crippen molar-refractivity contribution in [2.45, 2.75) is 70.2 Å². The van der Waals surface area contributed by atoms with Gasteiger partial charge in [0.1, 0.15) is 0 Å². The number of carboxylic acids is 1. The summed E-state index contributed by atoms with van der Waals surface area (Å²) in [7, 11) is 0. The molecule has 1 rings (SSSR count). The van der Waals surface area contributed by atoms with Gasteiger partial charge in [-0.15, -0.1) is 0 Å². The Hall–Kier alpha value is -1.69. The summed E-state index contributed by atoms with van der Waals surface area (Å²) in [6, 6.07) is 0. The van der Waals surface area contributed by atoms with Crippen molar-refractivity contribution in [2.75, 3.05) is 0 Å². The van der Waals surface area contributed by atoms with E-state index in [4.69, 9.17) is 5.11 Å². The fraction of sp³-hybridized carbons (Fsp3) is 0.591. The van der Waals surface area contributed by atoms with Gasteiger partial charge in [0.25, 0.3) is 0 Å². The van der Waals surface area contributed by atoms with Crippen molar-refractivity contribution < 1.29 is 25.2 Å². The molecule has 0 aromatic heterocycles. The van der Waals surface area contributed by atoms with Crippen LogP contribution in [-0.4, -0.2) is 44.7 Å². The molecule has 27 heavy (non-hydrogen) atoms. The lowest BCUT2D eigenvalue weighted by molar-refractivity contribution is -0.136. The zero-order valence-corrected chi connectivity index (χ0v) is 16.2. The third-order valence-corrected chi connectivity index (χ3v) is 4.79. The highest BCUT2D eigenvalue weighted by atomic mass is 16.4. The lowest BCUT2D eigenvalue weighted by atomic mass is 9.89. The van der Waals surface area contributed by atoms with Crippen LogP contribution in [0.15, 0.2) is 48.6 Å². The van der Waals surface area contributed by atoms with Gasteiger partial charge in [0.2, 0.25) is 0 Å². The summed E-state index contributed by atoms with van der Waals surface area (Å²) in [6.45, 7) is 2.09. The van der Waals surface area contributed by atoms with Crippen LogP contribution in [-0.2, 0) is 4.79 Å². The summed E-state index contributed by atoms with van der Waals surface area (Å²) in [4.78, 5) is 10.5. The van der Waals surface area contributed by atoms with E-state index in [1.165, 1.54) is 0 Å². The molecule has 1 aliphatic carbocycles. The molecule has 5 atom stereocenters. The van der Waals surface area contributed by atoms with E-state index in [0.29, 0.717) is 25.7 Å². The van der Waals surface area contributed by atoms with E-state index in [1.807, 2.05) is 24.3 Å². The standard InChI is InChI=1S/C22H34O5/c1-2-3-4-5-6-8-11-17(23)14-15-19-18(20(24)16-21(19)25)12-9-7-10-13-22(26)27/h3-4,6-9,14-15,17-21,23-25H,2,5,10-13,16H2,1H3,(H,26,27)/b4-3-,8-6-,9-7-,15-14+/t17-,18+,19-,20+,21-/m1/s1. The number of aliphatic hydroxyl groups excluding tert-OH is 3. The smallest absolute Gasteiger partial charge is 0.303 e. The third-order valence-electron chi connectivity index (χ3n) is 4.79. The molecule has 5 nitrogen and oxygen atoms in total. The number of carboxylic acid groups (broad SMARTS) is 1. The molecular weight excluding hydrogens is 344 g/mol. The molecular formula is C22H34O5. The van der Waals surface area contributed by atoms with E-state index in [2.05, 4.69) is 19.1 Å². The molecule has 0 aliphatic heterocycles. The molecule has 152 valence electrons. The second-order valence-corrected chi connectivity index (χ2v) is 7.03. The van der Waals surface area contributed by atoms with Gasteiger partial charge in [0, 0.05) is 18.8 Å². The van der Waals surface area contributed by atoms with E-state index in [1.54, 1.807) is 12.2 Å². The molecule has 1 aliphatic rings. The third kappa shape index (κ3) is 9.70. The van der Waals surface area contributed by atoms with Gasteiger partial charge in [-0.3, -0.25) is 4.79 Å². The topological polar surface area (TPSA) is 98.0 Å². The SMILES string of the molecule is CC/C=C\C/C=C\C[C@@H](O)/C=C/[C@@H]1[C@H](C/C=C\CCC(=O)O)[C@@H](O)C[C@H]1O. The van der Waals surface area contributed by atoms with Crippen LogP contribution in [0.4, 0.5) is 0 Å².